The van der Waals surface area contributed by atoms with E-state index in [4.69, 9.17) is 4.52 Å². The summed E-state index contributed by atoms with van der Waals surface area (Å²) in [7, 11) is 1.33. The fourth-order valence-electron chi connectivity index (χ4n) is 1.47. The Bertz CT molecular complexity index is 542. The number of nitrogens with one attached hydrogen (secondary N) is 1. The minimum atomic E-state index is -0.434. The Kier molecular flexibility index (Phi) is 3.61. The average molecular weight is 267 g/mol. The number of hydrogen-bond donors (Lipinski definition) is 1. The van der Waals surface area contributed by atoms with Crippen LogP contribution in [0.1, 0.15) is 27.5 Å². The van der Waals surface area contributed by atoms with E-state index in [1.807, 2.05) is 13.8 Å². The Hall–Kier alpha value is -1.89. The Morgan fingerprint density at radius 2 is 2.33 bits per heavy atom. The van der Waals surface area contributed by atoms with Gasteiger partial charge < -0.3 is 14.6 Å². The van der Waals surface area contributed by atoms with Crippen molar-refractivity contribution in [2.75, 3.05) is 12.4 Å². The molecule has 0 atom stereocenters. The van der Waals surface area contributed by atoms with Gasteiger partial charge in [-0.25, -0.2) is 9.78 Å². The number of nitrogens with zero attached hydrogens (tertiary/aromatic N) is 2. The van der Waals surface area contributed by atoms with Crippen molar-refractivity contribution in [2.24, 2.45) is 0 Å². The van der Waals surface area contributed by atoms with Gasteiger partial charge in [0.15, 0.2) is 10.8 Å². The first-order valence-corrected chi connectivity index (χ1v) is 6.19. The number of carbonyl (C=O) groups is 1. The Labute approximate surface area is 108 Å². The Morgan fingerprint density at radius 3 is 2.94 bits per heavy atom. The number of rotatable bonds is 4. The second-order valence-corrected chi connectivity index (χ2v) is 4.54. The van der Waals surface area contributed by atoms with Gasteiger partial charge in [-0.2, -0.15) is 0 Å². The first kappa shape index (κ1) is 12.6. The van der Waals surface area contributed by atoms with E-state index in [-0.39, 0.29) is 0 Å². The minimum Gasteiger partial charge on any atom is -0.464 e. The fourth-order valence-corrected chi connectivity index (χ4v) is 2.15. The quantitative estimate of drug-likeness (QED) is 0.855. The van der Waals surface area contributed by atoms with Gasteiger partial charge in [-0.15, -0.1) is 11.3 Å². The Morgan fingerprint density at radius 1 is 1.56 bits per heavy atom. The lowest BCUT2D eigenvalue weighted by Gasteiger charge is -2.01. The van der Waals surface area contributed by atoms with Gasteiger partial charge in [0.2, 0.25) is 0 Å². The second kappa shape index (κ2) is 5.18. The molecule has 0 aliphatic heterocycles. The SMILES string of the molecule is COC(=O)c1csc(NCc2c(C)noc2C)n1. The van der Waals surface area contributed by atoms with Gasteiger partial charge in [0.25, 0.3) is 0 Å². The average Bonchev–Trinajstić information content (AvgIpc) is 2.95. The highest BCUT2D eigenvalue weighted by molar-refractivity contribution is 7.13. The summed E-state index contributed by atoms with van der Waals surface area (Å²) in [5.41, 5.74) is 2.17. The van der Waals surface area contributed by atoms with Crippen LogP contribution in [-0.4, -0.2) is 23.2 Å². The lowest BCUT2D eigenvalue weighted by Crippen LogP contribution is -2.04. The number of ether oxygens (including phenoxy) is 1. The molecule has 0 spiro atoms. The number of hydrogen-bond acceptors (Lipinski definition) is 7. The van der Waals surface area contributed by atoms with E-state index in [1.54, 1.807) is 5.38 Å². The van der Waals surface area contributed by atoms with Gasteiger partial charge in [0, 0.05) is 17.5 Å². The van der Waals surface area contributed by atoms with Crippen LogP contribution in [-0.2, 0) is 11.3 Å². The molecule has 0 aliphatic carbocycles. The van der Waals surface area contributed by atoms with Crippen molar-refractivity contribution in [2.45, 2.75) is 20.4 Å². The third kappa shape index (κ3) is 2.51. The predicted octanol–water partition coefficient (Wildman–Crippen LogP) is 2.15. The van der Waals surface area contributed by atoms with Crippen LogP contribution in [0.25, 0.3) is 0 Å². The van der Waals surface area contributed by atoms with E-state index in [9.17, 15) is 4.79 Å². The number of esters is 1. The summed E-state index contributed by atoms with van der Waals surface area (Å²) in [4.78, 5) is 15.4. The summed E-state index contributed by atoms with van der Waals surface area (Å²) in [5.74, 6) is 0.349. The maximum Gasteiger partial charge on any atom is 0.357 e. The summed E-state index contributed by atoms with van der Waals surface area (Å²) in [5, 5.41) is 9.31. The highest BCUT2D eigenvalue weighted by Gasteiger charge is 2.12. The summed E-state index contributed by atoms with van der Waals surface area (Å²) >= 11 is 1.35. The maximum atomic E-state index is 11.2. The lowest BCUT2D eigenvalue weighted by molar-refractivity contribution is 0.0595. The minimum absolute atomic E-state index is 0.309. The van der Waals surface area contributed by atoms with Crippen molar-refractivity contribution >= 4 is 22.4 Å². The number of methoxy groups -OCH3 is 1. The van der Waals surface area contributed by atoms with Crippen molar-refractivity contribution in [3.63, 3.8) is 0 Å². The first-order valence-electron chi connectivity index (χ1n) is 5.31. The molecule has 0 amide bonds. The number of carbonyl (C=O) groups excluding carboxylic acids is 1. The van der Waals surface area contributed by atoms with Gasteiger partial charge in [0.05, 0.1) is 12.8 Å². The molecule has 0 aromatic carbocycles. The first-order chi connectivity index (χ1) is 8.61. The molecule has 0 fully saturated rings. The van der Waals surface area contributed by atoms with Crippen LogP contribution in [0.5, 0.6) is 0 Å². The normalized spacial score (nSPS) is 10.4. The zero-order valence-electron chi connectivity index (χ0n) is 10.3. The molecular weight excluding hydrogens is 254 g/mol. The van der Waals surface area contributed by atoms with Crippen LogP contribution in [0.3, 0.4) is 0 Å². The van der Waals surface area contributed by atoms with E-state index in [0.717, 1.165) is 17.0 Å². The molecule has 0 saturated carbocycles. The molecule has 2 aromatic heterocycles. The van der Waals surface area contributed by atoms with Gasteiger partial charge in [0.1, 0.15) is 5.76 Å². The molecule has 2 heterocycles. The highest BCUT2D eigenvalue weighted by atomic mass is 32.1. The molecule has 0 aliphatic rings. The molecule has 2 rings (SSSR count). The Balaban J connectivity index is 2.03. The second-order valence-electron chi connectivity index (χ2n) is 3.69. The van der Waals surface area contributed by atoms with Crippen molar-refractivity contribution in [1.29, 1.82) is 0 Å². The van der Waals surface area contributed by atoms with E-state index >= 15 is 0 Å². The molecule has 0 bridgehead atoms. The van der Waals surface area contributed by atoms with Crippen LogP contribution in [0, 0.1) is 13.8 Å². The summed E-state index contributed by atoms with van der Waals surface area (Å²) < 4.78 is 9.65. The van der Waals surface area contributed by atoms with Crippen molar-refractivity contribution in [3.8, 4) is 0 Å². The van der Waals surface area contributed by atoms with E-state index in [1.165, 1.54) is 18.4 Å². The number of aromatic nitrogens is 2. The van der Waals surface area contributed by atoms with Crippen LogP contribution in [0.4, 0.5) is 5.13 Å². The third-order valence-corrected chi connectivity index (χ3v) is 3.30. The van der Waals surface area contributed by atoms with Gasteiger partial charge in [-0.05, 0) is 13.8 Å². The molecule has 6 nitrogen and oxygen atoms in total. The molecule has 18 heavy (non-hydrogen) atoms. The monoisotopic (exact) mass is 267 g/mol. The predicted molar refractivity (Wildman–Crippen MR) is 66.8 cm³/mol. The topological polar surface area (TPSA) is 77.2 Å². The van der Waals surface area contributed by atoms with Crippen LogP contribution in [0.2, 0.25) is 0 Å². The van der Waals surface area contributed by atoms with Crippen molar-refractivity contribution in [3.05, 3.63) is 28.1 Å². The lowest BCUT2D eigenvalue weighted by atomic mass is 10.2. The molecule has 2 aromatic rings. The summed E-state index contributed by atoms with van der Waals surface area (Å²) in [6.45, 7) is 4.31. The smallest absolute Gasteiger partial charge is 0.357 e. The van der Waals surface area contributed by atoms with Gasteiger partial charge in [-0.1, -0.05) is 5.16 Å². The fraction of sp³-hybridized carbons (Fsp3) is 0.364. The highest BCUT2D eigenvalue weighted by Crippen LogP contribution is 2.19. The summed E-state index contributed by atoms with van der Waals surface area (Å²) in [6, 6.07) is 0. The third-order valence-electron chi connectivity index (χ3n) is 2.50. The molecule has 0 saturated heterocycles. The molecule has 0 unspecified atom stereocenters. The maximum absolute atomic E-state index is 11.2. The molecular formula is C11H13N3O3S. The molecule has 7 heteroatoms. The van der Waals surface area contributed by atoms with E-state index in [0.29, 0.717) is 17.4 Å². The zero-order chi connectivity index (χ0) is 13.1. The molecule has 1 N–H and O–H groups in total. The van der Waals surface area contributed by atoms with E-state index in [2.05, 4.69) is 20.2 Å². The van der Waals surface area contributed by atoms with Crippen LogP contribution < -0.4 is 5.32 Å². The standard InChI is InChI=1S/C11H13N3O3S/c1-6-8(7(2)17-14-6)4-12-11-13-9(5-18-11)10(15)16-3/h5H,4H2,1-3H3,(H,12,13). The zero-order valence-corrected chi connectivity index (χ0v) is 11.1. The van der Waals surface area contributed by atoms with Crippen LogP contribution >= 0.6 is 11.3 Å². The molecule has 0 radical (unpaired) electrons. The van der Waals surface area contributed by atoms with E-state index < -0.39 is 5.97 Å². The van der Waals surface area contributed by atoms with Crippen molar-refractivity contribution in [1.82, 2.24) is 10.1 Å². The molecule has 96 valence electrons. The largest absolute Gasteiger partial charge is 0.464 e. The summed E-state index contributed by atoms with van der Waals surface area (Å²) in [6.07, 6.45) is 0. The number of thiazole rings is 1. The number of anilines is 1. The van der Waals surface area contributed by atoms with Gasteiger partial charge in [-0.3, -0.25) is 0 Å². The number of aryl methyl sites for hydroxylation is 2. The van der Waals surface area contributed by atoms with Crippen LogP contribution in [0.15, 0.2) is 9.90 Å². The van der Waals surface area contributed by atoms with Crippen molar-refractivity contribution < 1.29 is 14.1 Å². The van der Waals surface area contributed by atoms with Gasteiger partial charge >= 0.3 is 5.97 Å².